The van der Waals surface area contributed by atoms with Crippen molar-refractivity contribution < 1.29 is 29.1 Å². The number of rotatable bonds is 12. The quantitative estimate of drug-likeness (QED) is 0.183. The lowest BCUT2D eigenvalue weighted by molar-refractivity contribution is -0.140. The highest BCUT2D eigenvalue weighted by Crippen LogP contribution is 2.36. The molecule has 2 heterocycles. The van der Waals surface area contributed by atoms with Crippen LogP contribution < -0.4 is 14.8 Å². The minimum Gasteiger partial charge on any atom is -0.488 e. The van der Waals surface area contributed by atoms with Crippen molar-refractivity contribution in [3.63, 3.8) is 0 Å². The van der Waals surface area contributed by atoms with E-state index in [-0.39, 0.29) is 19.8 Å². The lowest BCUT2D eigenvalue weighted by Gasteiger charge is -2.17. The number of carboxylic acids is 1. The molecule has 5 aromatic rings. The summed E-state index contributed by atoms with van der Waals surface area (Å²) in [5.74, 6) is -0.401. The van der Waals surface area contributed by atoms with Gasteiger partial charge in [-0.05, 0) is 43.4 Å². The monoisotopic (exact) mass is 604 g/mol. The van der Waals surface area contributed by atoms with Gasteiger partial charge in [-0.25, -0.2) is 4.63 Å². The molecule has 5 rings (SSSR count). The number of carbonyl (C=O) groups is 1. The van der Waals surface area contributed by atoms with Gasteiger partial charge in [0.25, 0.3) is 0 Å². The number of nitrogens with zero attached hydrogens (tertiary/aromatic N) is 3. The number of halogens is 1. The van der Waals surface area contributed by atoms with Gasteiger partial charge in [-0.2, -0.15) is 0 Å². The number of nitrogens with one attached hydrogen (secondary N) is 1. The van der Waals surface area contributed by atoms with Crippen molar-refractivity contribution in [3.8, 4) is 22.6 Å². The highest BCUT2D eigenvalue weighted by molar-refractivity contribution is 9.10. The average Bonchev–Trinajstić information content (AvgIpc) is 3.47. The van der Waals surface area contributed by atoms with Gasteiger partial charge in [0, 0.05) is 46.2 Å². The Labute approximate surface area is 237 Å². The molecule has 40 heavy (non-hydrogen) atoms. The maximum atomic E-state index is 11.4. The number of pyridine rings is 1. The fraction of sp³-hybridized carbons (Fsp3) is 0.172. The molecule has 0 radical (unpaired) electrons. The van der Waals surface area contributed by atoms with E-state index < -0.39 is 18.6 Å². The summed E-state index contributed by atoms with van der Waals surface area (Å²) >= 11 is 3.73. The van der Waals surface area contributed by atoms with E-state index in [1.54, 1.807) is 24.5 Å². The number of fused-ring (bicyclic) bond motifs is 1. The second-order valence-electron chi connectivity index (χ2n) is 8.85. The van der Waals surface area contributed by atoms with Gasteiger partial charge in [-0.3, -0.25) is 15.1 Å². The second kappa shape index (κ2) is 12.7. The number of aliphatic hydroxyl groups excluding tert-OH is 1. The van der Waals surface area contributed by atoms with Crippen molar-refractivity contribution >= 4 is 32.9 Å². The van der Waals surface area contributed by atoms with Crippen LogP contribution in [0.15, 0.2) is 88.2 Å². The minimum absolute atomic E-state index is 0.0234. The highest BCUT2D eigenvalue weighted by atomic mass is 79.9. The van der Waals surface area contributed by atoms with E-state index in [1.807, 2.05) is 54.6 Å². The molecule has 0 spiro atoms. The van der Waals surface area contributed by atoms with Crippen molar-refractivity contribution in [2.24, 2.45) is 0 Å². The Morgan fingerprint density at radius 3 is 2.52 bits per heavy atom. The highest BCUT2D eigenvalue weighted by Gasteiger charge is 2.23. The molecule has 0 aliphatic heterocycles. The van der Waals surface area contributed by atoms with Crippen LogP contribution in [0.25, 0.3) is 22.2 Å². The zero-order valence-electron chi connectivity index (χ0n) is 21.2. The van der Waals surface area contributed by atoms with E-state index in [0.29, 0.717) is 28.1 Å². The first-order chi connectivity index (χ1) is 19.5. The number of aliphatic carboxylic acids is 1. The maximum Gasteiger partial charge on any atom is 0.323 e. The molecule has 0 saturated heterocycles. The fourth-order valence-corrected chi connectivity index (χ4v) is 4.74. The first-order valence-electron chi connectivity index (χ1n) is 12.4. The predicted molar refractivity (Wildman–Crippen MR) is 150 cm³/mol. The Balaban J connectivity index is 1.46. The second-order valence-corrected chi connectivity index (χ2v) is 9.64. The molecule has 0 aliphatic carbocycles. The van der Waals surface area contributed by atoms with Crippen molar-refractivity contribution in [2.75, 3.05) is 6.61 Å². The normalized spacial score (nSPS) is 11.8. The summed E-state index contributed by atoms with van der Waals surface area (Å²) in [5.41, 5.74) is 5.09. The first-order valence-corrected chi connectivity index (χ1v) is 13.2. The summed E-state index contributed by atoms with van der Waals surface area (Å²) in [4.78, 5) is 15.6. The van der Waals surface area contributed by atoms with Crippen LogP contribution in [0.4, 0.5) is 0 Å². The molecule has 10 nitrogen and oxygen atoms in total. The van der Waals surface area contributed by atoms with E-state index in [1.165, 1.54) is 0 Å². The third kappa shape index (κ3) is 6.12. The van der Waals surface area contributed by atoms with Gasteiger partial charge in [-0.15, -0.1) is 0 Å². The summed E-state index contributed by atoms with van der Waals surface area (Å²) in [7, 11) is 0. The van der Waals surface area contributed by atoms with E-state index in [4.69, 9.17) is 14.1 Å². The molecular weight excluding hydrogens is 580 g/mol. The molecule has 3 aromatic carbocycles. The van der Waals surface area contributed by atoms with Gasteiger partial charge in [0.1, 0.15) is 30.5 Å². The van der Waals surface area contributed by atoms with E-state index >= 15 is 0 Å². The molecule has 0 amide bonds. The van der Waals surface area contributed by atoms with Crippen LogP contribution in [0, 0.1) is 0 Å². The summed E-state index contributed by atoms with van der Waals surface area (Å²) in [5, 5.41) is 29.7. The third-order valence-electron chi connectivity index (χ3n) is 6.24. The van der Waals surface area contributed by atoms with Crippen LogP contribution in [-0.4, -0.2) is 44.1 Å². The molecule has 11 heteroatoms. The number of benzene rings is 3. The van der Waals surface area contributed by atoms with E-state index in [2.05, 4.69) is 36.5 Å². The number of ether oxygens (including phenoxy) is 2. The Bertz CT molecular complexity index is 1600. The minimum atomic E-state index is -1.18. The van der Waals surface area contributed by atoms with Gasteiger partial charge in [0.05, 0.1) is 6.61 Å². The number of hydrogen-bond donors (Lipinski definition) is 3. The zero-order valence-corrected chi connectivity index (χ0v) is 22.7. The lowest BCUT2D eigenvalue weighted by Crippen LogP contribution is -2.39. The predicted octanol–water partition coefficient (Wildman–Crippen LogP) is 4.74. The van der Waals surface area contributed by atoms with Crippen LogP contribution in [0.3, 0.4) is 0 Å². The van der Waals surface area contributed by atoms with Crippen LogP contribution in [0.1, 0.15) is 16.7 Å². The Hall–Kier alpha value is -4.32. The van der Waals surface area contributed by atoms with Crippen LogP contribution >= 0.6 is 15.9 Å². The Morgan fingerprint density at radius 2 is 1.77 bits per heavy atom. The molecule has 0 fully saturated rings. The van der Waals surface area contributed by atoms with E-state index in [0.717, 1.165) is 26.7 Å². The SMILES string of the molecule is O=C(O)C(CO)NCc1c(OCc2cccnc2)cc(OCc2cccc(-c3ccccc3)c2Br)c2nonc12. The van der Waals surface area contributed by atoms with Gasteiger partial charge < -0.3 is 19.7 Å². The largest absolute Gasteiger partial charge is 0.488 e. The van der Waals surface area contributed by atoms with Crippen molar-refractivity contribution in [2.45, 2.75) is 25.8 Å². The van der Waals surface area contributed by atoms with Crippen molar-refractivity contribution in [1.29, 1.82) is 0 Å². The summed E-state index contributed by atoms with van der Waals surface area (Å²) in [6.45, 7) is -0.145. The number of carboxylic acid groups (broad SMARTS) is 1. The number of hydrogen-bond acceptors (Lipinski definition) is 9. The third-order valence-corrected chi connectivity index (χ3v) is 7.17. The molecule has 1 atom stereocenters. The van der Waals surface area contributed by atoms with Gasteiger partial charge in [0.2, 0.25) is 0 Å². The van der Waals surface area contributed by atoms with Crippen LogP contribution in [0.2, 0.25) is 0 Å². The first kappa shape index (κ1) is 27.3. The Morgan fingerprint density at radius 1 is 0.975 bits per heavy atom. The fourth-order valence-electron chi connectivity index (χ4n) is 4.14. The van der Waals surface area contributed by atoms with Gasteiger partial charge in [-0.1, -0.05) is 54.6 Å². The van der Waals surface area contributed by atoms with Crippen LogP contribution in [-0.2, 0) is 24.6 Å². The number of aromatic nitrogens is 3. The average molecular weight is 605 g/mol. The molecule has 0 bridgehead atoms. The molecular formula is C29H25BrN4O6. The van der Waals surface area contributed by atoms with Gasteiger partial charge in [0.15, 0.2) is 11.3 Å². The zero-order chi connectivity index (χ0) is 27.9. The summed E-state index contributed by atoms with van der Waals surface area (Å²) < 4.78 is 18.3. The van der Waals surface area contributed by atoms with Crippen molar-refractivity contribution in [1.82, 2.24) is 20.6 Å². The maximum absolute atomic E-state index is 11.4. The molecule has 204 valence electrons. The molecule has 0 aliphatic rings. The lowest BCUT2D eigenvalue weighted by atomic mass is 10.0. The molecule has 2 aromatic heterocycles. The van der Waals surface area contributed by atoms with Crippen molar-refractivity contribution in [3.05, 3.63) is 100 Å². The molecule has 3 N–H and O–H groups in total. The summed E-state index contributed by atoms with van der Waals surface area (Å²) in [6.07, 6.45) is 3.36. The Kier molecular flexibility index (Phi) is 8.65. The smallest absolute Gasteiger partial charge is 0.323 e. The van der Waals surface area contributed by atoms with Gasteiger partial charge >= 0.3 is 5.97 Å². The molecule has 1 unspecified atom stereocenters. The molecule has 0 saturated carbocycles. The number of aliphatic hydroxyl groups is 1. The van der Waals surface area contributed by atoms with E-state index in [9.17, 15) is 15.0 Å². The summed E-state index contributed by atoms with van der Waals surface area (Å²) in [6, 6.07) is 20.2. The van der Waals surface area contributed by atoms with Crippen LogP contribution in [0.5, 0.6) is 11.5 Å². The standard InChI is InChI=1S/C29H25BrN4O6/c30-26-20(9-4-10-21(26)19-7-2-1-3-8-19)17-39-25-12-24(38-16-18-6-5-11-31-13-18)22(27-28(25)34-40-33-27)14-32-23(15-35)29(36)37/h1-13,23,32,35H,14-17H2,(H,36,37). The topological polar surface area (TPSA) is 140 Å².